The fourth-order valence-corrected chi connectivity index (χ4v) is 2.39. The topological polar surface area (TPSA) is 27.3 Å². The standard InChI is InChI=1S/C14H20F3N3/c1-20(2)13-8-10(14(15,16)17)5-6-12(13)19-11-4-3-7-18-9-11/h5-6,8,11,18-19H,3-4,7,9H2,1-2H3/t11-/m1/s1. The molecule has 0 aliphatic carbocycles. The van der Waals surface area contributed by atoms with Crippen molar-refractivity contribution in [1.29, 1.82) is 0 Å². The summed E-state index contributed by atoms with van der Waals surface area (Å²) in [6.07, 6.45) is -2.20. The van der Waals surface area contributed by atoms with E-state index in [1.807, 2.05) is 0 Å². The molecule has 1 fully saturated rings. The summed E-state index contributed by atoms with van der Waals surface area (Å²) in [6.45, 7) is 1.85. The minimum atomic E-state index is -4.31. The molecule has 3 nitrogen and oxygen atoms in total. The van der Waals surface area contributed by atoms with Crippen LogP contribution >= 0.6 is 0 Å². The third-order valence-corrected chi connectivity index (χ3v) is 3.46. The number of nitrogens with one attached hydrogen (secondary N) is 2. The van der Waals surface area contributed by atoms with Crippen LogP contribution in [0.5, 0.6) is 0 Å². The summed E-state index contributed by atoms with van der Waals surface area (Å²) in [5, 5.41) is 6.62. The van der Waals surface area contributed by atoms with E-state index in [4.69, 9.17) is 0 Å². The molecule has 0 spiro atoms. The number of hydrogen-bond acceptors (Lipinski definition) is 3. The molecule has 0 bridgehead atoms. The highest BCUT2D eigenvalue weighted by atomic mass is 19.4. The molecule has 0 unspecified atom stereocenters. The Kier molecular flexibility index (Phi) is 4.42. The van der Waals surface area contributed by atoms with Gasteiger partial charge < -0.3 is 15.5 Å². The Balaban J connectivity index is 2.23. The van der Waals surface area contributed by atoms with Gasteiger partial charge in [-0.15, -0.1) is 0 Å². The lowest BCUT2D eigenvalue weighted by Gasteiger charge is -2.28. The van der Waals surface area contributed by atoms with E-state index >= 15 is 0 Å². The van der Waals surface area contributed by atoms with Crippen LogP contribution in [0.4, 0.5) is 24.5 Å². The quantitative estimate of drug-likeness (QED) is 0.895. The Morgan fingerprint density at radius 1 is 1.30 bits per heavy atom. The molecule has 6 heteroatoms. The van der Waals surface area contributed by atoms with Gasteiger partial charge in [-0.05, 0) is 37.6 Å². The van der Waals surface area contributed by atoms with Crippen LogP contribution in [0.3, 0.4) is 0 Å². The van der Waals surface area contributed by atoms with Crippen molar-refractivity contribution in [3.05, 3.63) is 23.8 Å². The van der Waals surface area contributed by atoms with Crippen molar-refractivity contribution in [2.75, 3.05) is 37.4 Å². The number of nitrogens with zero attached hydrogens (tertiary/aromatic N) is 1. The summed E-state index contributed by atoms with van der Waals surface area (Å²) >= 11 is 0. The van der Waals surface area contributed by atoms with E-state index in [1.54, 1.807) is 19.0 Å². The Morgan fingerprint density at radius 3 is 2.60 bits per heavy atom. The van der Waals surface area contributed by atoms with Crippen molar-refractivity contribution in [3.8, 4) is 0 Å². The molecule has 1 heterocycles. The minimum absolute atomic E-state index is 0.263. The van der Waals surface area contributed by atoms with Gasteiger partial charge >= 0.3 is 6.18 Å². The largest absolute Gasteiger partial charge is 0.416 e. The van der Waals surface area contributed by atoms with Crippen molar-refractivity contribution in [3.63, 3.8) is 0 Å². The fourth-order valence-electron chi connectivity index (χ4n) is 2.39. The zero-order chi connectivity index (χ0) is 14.8. The van der Waals surface area contributed by atoms with Gasteiger partial charge in [0.05, 0.1) is 16.9 Å². The van der Waals surface area contributed by atoms with Gasteiger partial charge in [0.25, 0.3) is 0 Å². The first kappa shape index (κ1) is 15.0. The Hall–Kier alpha value is -1.43. The van der Waals surface area contributed by atoms with Crippen LogP contribution in [0.15, 0.2) is 18.2 Å². The van der Waals surface area contributed by atoms with E-state index < -0.39 is 11.7 Å². The normalized spacial score (nSPS) is 19.8. The molecule has 2 N–H and O–H groups in total. The Labute approximate surface area is 117 Å². The molecule has 0 radical (unpaired) electrons. The number of hydrogen-bond donors (Lipinski definition) is 2. The minimum Gasteiger partial charge on any atom is -0.379 e. The van der Waals surface area contributed by atoms with Crippen molar-refractivity contribution in [1.82, 2.24) is 5.32 Å². The molecule has 0 amide bonds. The van der Waals surface area contributed by atoms with Crippen LogP contribution in [-0.4, -0.2) is 33.2 Å². The average molecular weight is 287 g/mol. The molecule has 1 aromatic rings. The van der Waals surface area contributed by atoms with Gasteiger partial charge in [0.1, 0.15) is 0 Å². The first-order valence-corrected chi connectivity index (χ1v) is 6.74. The number of alkyl halides is 3. The predicted octanol–water partition coefficient (Wildman–Crippen LogP) is 2.94. The second-order valence-corrected chi connectivity index (χ2v) is 5.31. The highest BCUT2D eigenvalue weighted by Crippen LogP contribution is 2.35. The maximum atomic E-state index is 12.8. The molecule has 2 rings (SSSR count). The van der Waals surface area contributed by atoms with Crippen LogP contribution in [0.1, 0.15) is 18.4 Å². The summed E-state index contributed by atoms with van der Waals surface area (Å²) in [5.41, 5.74) is 0.690. The summed E-state index contributed by atoms with van der Waals surface area (Å²) in [5.74, 6) is 0. The second kappa shape index (κ2) is 5.91. The van der Waals surface area contributed by atoms with Crippen molar-refractivity contribution in [2.24, 2.45) is 0 Å². The number of halogens is 3. The molecule has 1 atom stereocenters. The maximum absolute atomic E-state index is 12.8. The highest BCUT2D eigenvalue weighted by Gasteiger charge is 2.31. The monoisotopic (exact) mass is 287 g/mol. The molecule has 0 aromatic heterocycles. The third-order valence-electron chi connectivity index (χ3n) is 3.46. The lowest BCUT2D eigenvalue weighted by atomic mass is 10.1. The van der Waals surface area contributed by atoms with E-state index in [0.29, 0.717) is 5.69 Å². The summed E-state index contributed by atoms with van der Waals surface area (Å²) in [6, 6.07) is 4.11. The number of anilines is 2. The van der Waals surface area contributed by atoms with Crippen LogP contribution in [-0.2, 0) is 6.18 Å². The van der Waals surface area contributed by atoms with Crippen LogP contribution in [0.25, 0.3) is 0 Å². The average Bonchev–Trinajstić information content (AvgIpc) is 2.38. The van der Waals surface area contributed by atoms with Crippen molar-refractivity contribution < 1.29 is 13.2 Å². The molecule has 20 heavy (non-hydrogen) atoms. The van der Waals surface area contributed by atoms with Gasteiger partial charge in [0, 0.05) is 26.7 Å². The van der Waals surface area contributed by atoms with E-state index in [2.05, 4.69) is 10.6 Å². The third kappa shape index (κ3) is 3.56. The smallest absolute Gasteiger partial charge is 0.379 e. The van der Waals surface area contributed by atoms with Gasteiger partial charge in [-0.1, -0.05) is 0 Å². The second-order valence-electron chi connectivity index (χ2n) is 5.31. The maximum Gasteiger partial charge on any atom is 0.416 e. The SMILES string of the molecule is CN(C)c1cc(C(F)(F)F)ccc1N[C@@H]1CCCNC1. The molecular weight excluding hydrogens is 267 g/mol. The van der Waals surface area contributed by atoms with Gasteiger partial charge in [-0.3, -0.25) is 0 Å². The zero-order valence-corrected chi connectivity index (χ0v) is 11.7. The summed E-state index contributed by atoms with van der Waals surface area (Å²) < 4.78 is 38.3. The van der Waals surface area contributed by atoms with Gasteiger partial charge in [-0.25, -0.2) is 0 Å². The van der Waals surface area contributed by atoms with Crippen LogP contribution in [0.2, 0.25) is 0 Å². The van der Waals surface area contributed by atoms with Gasteiger partial charge in [0.15, 0.2) is 0 Å². The number of piperidine rings is 1. The lowest BCUT2D eigenvalue weighted by molar-refractivity contribution is -0.137. The fraction of sp³-hybridized carbons (Fsp3) is 0.571. The molecule has 1 aliphatic heterocycles. The molecular formula is C14H20F3N3. The van der Waals surface area contributed by atoms with E-state index in [1.165, 1.54) is 12.1 Å². The number of rotatable bonds is 3. The van der Waals surface area contributed by atoms with E-state index in [-0.39, 0.29) is 6.04 Å². The van der Waals surface area contributed by atoms with Crippen LogP contribution in [0, 0.1) is 0 Å². The Bertz CT molecular complexity index is 451. The van der Waals surface area contributed by atoms with Crippen molar-refractivity contribution >= 4 is 11.4 Å². The first-order valence-electron chi connectivity index (χ1n) is 6.74. The first-order chi connectivity index (χ1) is 9.38. The zero-order valence-electron chi connectivity index (χ0n) is 11.7. The molecule has 0 saturated carbocycles. The van der Waals surface area contributed by atoms with Crippen LogP contribution < -0.4 is 15.5 Å². The molecule has 1 aromatic carbocycles. The summed E-state index contributed by atoms with van der Waals surface area (Å²) in [7, 11) is 3.50. The lowest BCUT2D eigenvalue weighted by Crippen LogP contribution is -2.38. The molecule has 1 saturated heterocycles. The molecule has 1 aliphatic rings. The number of benzene rings is 1. The van der Waals surface area contributed by atoms with E-state index in [9.17, 15) is 13.2 Å². The summed E-state index contributed by atoms with van der Waals surface area (Å²) in [4.78, 5) is 1.70. The van der Waals surface area contributed by atoms with Gasteiger partial charge in [0.2, 0.25) is 0 Å². The molecule has 112 valence electrons. The van der Waals surface area contributed by atoms with Crippen molar-refractivity contribution in [2.45, 2.75) is 25.1 Å². The predicted molar refractivity (Wildman–Crippen MR) is 75.3 cm³/mol. The highest BCUT2D eigenvalue weighted by molar-refractivity contribution is 5.71. The Morgan fingerprint density at radius 2 is 2.05 bits per heavy atom. The van der Waals surface area contributed by atoms with E-state index in [0.717, 1.165) is 37.7 Å². The van der Waals surface area contributed by atoms with Gasteiger partial charge in [-0.2, -0.15) is 13.2 Å².